The number of aryl methyl sites for hydroxylation is 1. The van der Waals surface area contributed by atoms with Crippen molar-refractivity contribution in [3.8, 4) is 0 Å². The van der Waals surface area contributed by atoms with Gasteiger partial charge in [-0.05, 0) is 19.1 Å². The molecule has 2 aromatic heterocycles. The molecule has 0 unspecified atom stereocenters. The molecule has 2 rings (SSSR count). The number of rotatable bonds is 1. The van der Waals surface area contributed by atoms with Crippen LogP contribution < -0.4 is 0 Å². The number of aromatic amines is 1. The Balaban J connectivity index is 2.88. The van der Waals surface area contributed by atoms with Crippen LogP contribution >= 0.6 is 0 Å². The van der Waals surface area contributed by atoms with Crippen LogP contribution in [0.5, 0.6) is 0 Å². The van der Waals surface area contributed by atoms with E-state index in [4.69, 9.17) is 0 Å². The molecule has 0 amide bonds. The van der Waals surface area contributed by atoms with Crippen molar-refractivity contribution in [3.63, 3.8) is 0 Å². The average Bonchev–Trinajstić information content (AvgIpc) is 2.50. The van der Waals surface area contributed by atoms with E-state index in [0.717, 1.165) is 22.9 Å². The van der Waals surface area contributed by atoms with Gasteiger partial charge in [-0.1, -0.05) is 0 Å². The highest BCUT2D eigenvalue weighted by Crippen LogP contribution is 2.15. The van der Waals surface area contributed by atoms with Crippen molar-refractivity contribution in [2.45, 2.75) is 6.92 Å². The van der Waals surface area contributed by atoms with E-state index in [0.29, 0.717) is 5.69 Å². The third kappa shape index (κ3) is 0.906. The summed E-state index contributed by atoms with van der Waals surface area (Å²) in [6, 6.07) is 3.77. The summed E-state index contributed by atoms with van der Waals surface area (Å²) in [7, 11) is 0. The maximum atomic E-state index is 10.6. The molecule has 0 spiro atoms. The second-order valence-corrected chi connectivity index (χ2v) is 2.71. The summed E-state index contributed by atoms with van der Waals surface area (Å²) in [4.78, 5) is 17.7. The molecule has 0 aliphatic heterocycles. The van der Waals surface area contributed by atoms with Crippen LogP contribution in [-0.4, -0.2) is 16.3 Å². The fraction of sp³-hybridized carbons (Fsp3) is 0.111. The molecule has 0 atom stereocenters. The summed E-state index contributed by atoms with van der Waals surface area (Å²) in [5, 5.41) is 0.885. The van der Waals surface area contributed by atoms with Crippen LogP contribution in [0.25, 0.3) is 10.9 Å². The van der Waals surface area contributed by atoms with E-state index in [1.807, 2.05) is 19.1 Å². The number of carbonyl (C=O) groups is 1. The maximum Gasteiger partial charge on any atom is 0.169 e. The number of nitrogens with one attached hydrogen (secondary N) is 1. The van der Waals surface area contributed by atoms with Gasteiger partial charge in [-0.25, -0.2) is 4.98 Å². The molecule has 0 fully saturated rings. The third-order valence-corrected chi connectivity index (χ3v) is 1.82. The van der Waals surface area contributed by atoms with E-state index in [1.54, 1.807) is 6.20 Å². The number of aromatic nitrogens is 2. The fourth-order valence-corrected chi connectivity index (χ4v) is 1.31. The second-order valence-electron chi connectivity index (χ2n) is 2.71. The van der Waals surface area contributed by atoms with Crippen LogP contribution in [-0.2, 0) is 0 Å². The van der Waals surface area contributed by atoms with Gasteiger partial charge < -0.3 is 4.98 Å². The minimum atomic E-state index is 0.506. The summed E-state index contributed by atoms with van der Waals surface area (Å²) in [6.07, 6.45) is 2.59. The van der Waals surface area contributed by atoms with Gasteiger partial charge in [0.25, 0.3) is 0 Å². The van der Waals surface area contributed by atoms with Crippen molar-refractivity contribution in [3.05, 3.63) is 29.7 Å². The summed E-state index contributed by atoms with van der Waals surface area (Å²) in [5.41, 5.74) is 2.32. The molecular weight excluding hydrogens is 152 g/mol. The monoisotopic (exact) mass is 160 g/mol. The van der Waals surface area contributed by atoms with Gasteiger partial charge in [0.1, 0.15) is 5.69 Å². The lowest BCUT2D eigenvalue weighted by Crippen LogP contribution is -1.90. The molecule has 0 saturated heterocycles. The van der Waals surface area contributed by atoms with Crippen molar-refractivity contribution in [2.75, 3.05) is 0 Å². The Kier molecular flexibility index (Phi) is 1.43. The summed E-state index contributed by atoms with van der Waals surface area (Å²) < 4.78 is 0. The largest absolute Gasteiger partial charge is 0.361 e. The summed E-state index contributed by atoms with van der Waals surface area (Å²) in [6.45, 7) is 1.87. The molecule has 3 nitrogen and oxygen atoms in total. The van der Waals surface area contributed by atoms with Crippen LogP contribution in [0.1, 0.15) is 16.2 Å². The van der Waals surface area contributed by atoms with E-state index >= 15 is 0 Å². The fourth-order valence-electron chi connectivity index (χ4n) is 1.31. The number of H-pyrrole nitrogens is 1. The van der Waals surface area contributed by atoms with Gasteiger partial charge in [-0.3, -0.25) is 4.79 Å². The molecule has 0 bridgehead atoms. The Bertz CT molecular complexity index is 431. The summed E-state index contributed by atoms with van der Waals surface area (Å²) in [5.74, 6) is 0. The molecule has 1 N–H and O–H groups in total. The highest BCUT2D eigenvalue weighted by Gasteiger charge is 2.02. The SMILES string of the molecule is Cc1cc2[nH]ccc2c(C=O)n1. The predicted octanol–water partition coefficient (Wildman–Crippen LogP) is 1.68. The zero-order chi connectivity index (χ0) is 8.55. The minimum Gasteiger partial charge on any atom is -0.361 e. The Morgan fingerprint density at radius 1 is 1.58 bits per heavy atom. The van der Waals surface area contributed by atoms with Crippen molar-refractivity contribution in [1.29, 1.82) is 0 Å². The first-order valence-electron chi connectivity index (χ1n) is 3.71. The van der Waals surface area contributed by atoms with Gasteiger partial charge in [0.05, 0.1) is 0 Å². The number of carbonyl (C=O) groups excluding carboxylic acids is 1. The standard InChI is InChI=1S/C9H8N2O/c1-6-4-8-7(2-3-10-8)9(5-12)11-6/h2-5,10H,1H3. The number of hydrogen-bond donors (Lipinski definition) is 1. The minimum absolute atomic E-state index is 0.506. The van der Waals surface area contributed by atoms with E-state index in [1.165, 1.54) is 0 Å². The van der Waals surface area contributed by atoms with Crippen LogP contribution in [0.15, 0.2) is 18.3 Å². The molecule has 0 radical (unpaired) electrons. The molecule has 0 aromatic carbocycles. The zero-order valence-corrected chi connectivity index (χ0v) is 6.66. The Hall–Kier alpha value is -1.64. The zero-order valence-electron chi connectivity index (χ0n) is 6.66. The average molecular weight is 160 g/mol. The number of hydrogen-bond acceptors (Lipinski definition) is 2. The van der Waals surface area contributed by atoms with Gasteiger partial charge in [0.2, 0.25) is 0 Å². The van der Waals surface area contributed by atoms with Crippen molar-refractivity contribution in [1.82, 2.24) is 9.97 Å². The highest BCUT2D eigenvalue weighted by atomic mass is 16.1. The Morgan fingerprint density at radius 3 is 3.17 bits per heavy atom. The maximum absolute atomic E-state index is 10.6. The van der Waals surface area contributed by atoms with E-state index in [9.17, 15) is 4.79 Å². The lowest BCUT2D eigenvalue weighted by atomic mass is 10.2. The first kappa shape index (κ1) is 7.03. The quantitative estimate of drug-likeness (QED) is 0.645. The van der Waals surface area contributed by atoms with E-state index in [-0.39, 0.29) is 0 Å². The van der Waals surface area contributed by atoms with Crippen LogP contribution in [0.2, 0.25) is 0 Å². The van der Waals surface area contributed by atoms with E-state index in [2.05, 4.69) is 9.97 Å². The number of fused-ring (bicyclic) bond motifs is 1. The van der Waals surface area contributed by atoms with Crippen molar-refractivity contribution >= 4 is 17.2 Å². The first-order valence-corrected chi connectivity index (χ1v) is 3.71. The smallest absolute Gasteiger partial charge is 0.169 e. The van der Waals surface area contributed by atoms with Gasteiger partial charge in [0, 0.05) is 22.8 Å². The molecule has 0 aliphatic carbocycles. The lowest BCUT2D eigenvalue weighted by molar-refractivity contribution is 0.112. The van der Waals surface area contributed by atoms with Crippen LogP contribution in [0.3, 0.4) is 0 Å². The Morgan fingerprint density at radius 2 is 2.42 bits per heavy atom. The van der Waals surface area contributed by atoms with Gasteiger partial charge in [-0.15, -0.1) is 0 Å². The van der Waals surface area contributed by atoms with Crippen LogP contribution in [0.4, 0.5) is 0 Å². The summed E-state index contributed by atoms with van der Waals surface area (Å²) >= 11 is 0. The van der Waals surface area contributed by atoms with Crippen molar-refractivity contribution < 1.29 is 4.79 Å². The number of nitrogens with zero attached hydrogens (tertiary/aromatic N) is 1. The first-order chi connectivity index (χ1) is 5.81. The molecule has 60 valence electrons. The molecule has 0 saturated carbocycles. The molecule has 12 heavy (non-hydrogen) atoms. The van der Waals surface area contributed by atoms with Gasteiger partial charge >= 0.3 is 0 Å². The Labute approximate surface area is 69.4 Å². The lowest BCUT2D eigenvalue weighted by Gasteiger charge is -1.95. The molecule has 2 heterocycles. The molecule has 0 aliphatic rings. The number of pyridine rings is 1. The normalized spacial score (nSPS) is 10.4. The third-order valence-electron chi connectivity index (χ3n) is 1.82. The van der Waals surface area contributed by atoms with E-state index < -0.39 is 0 Å². The topological polar surface area (TPSA) is 45.8 Å². The highest BCUT2D eigenvalue weighted by molar-refractivity contribution is 5.94. The van der Waals surface area contributed by atoms with Crippen LogP contribution in [0, 0.1) is 6.92 Å². The van der Waals surface area contributed by atoms with Gasteiger partial charge in [-0.2, -0.15) is 0 Å². The van der Waals surface area contributed by atoms with Gasteiger partial charge in [0.15, 0.2) is 6.29 Å². The number of aldehydes is 1. The predicted molar refractivity (Wildman–Crippen MR) is 46.2 cm³/mol. The van der Waals surface area contributed by atoms with Crippen molar-refractivity contribution in [2.24, 2.45) is 0 Å². The molecule has 2 aromatic rings. The molecule has 3 heteroatoms. The molecular formula is C9H8N2O. The second kappa shape index (κ2) is 2.44.